The zero-order valence-corrected chi connectivity index (χ0v) is 30.1. The van der Waals surface area contributed by atoms with Crippen LogP contribution in [0.3, 0.4) is 0 Å². The van der Waals surface area contributed by atoms with Gasteiger partial charge in [-0.3, -0.25) is 20.3 Å². The molecule has 0 radical (unpaired) electrons. The average molecular weight is 733 g/mol. The second-order valence-corrected chi connectivity index (χ2v) is 12.4. The van der Waals surface area contributed by atoms with Crippen LogP contribution in [0, 0.1) is 0 Å². The third kappa shape index (κ3) is 11.8. The molecular formula is C42H44N4O8. The number of benzene rings is 5. The van der Waals surface area contributed by atoms with E-state index in [1.165, 1.54) is 14.2 Å². The molecule has 0 spiro atoms. The summed E-state index contributed by atoms with van der Waals surface area (Å²) < 4.78 is 21.5. The molecule has 0 fully saturated rings. The molecule has 5 aromatic carbocycles. The minimum absolute atomic E-state index is 0.0114. The highest BCUT2D eigenvalue weighted by molar-refractivity contribution is 5.85. The van der Waals surface area contributed by atoms with Crippen molar-refractivity contribution in [3.8, 4) is 11.5 Å². The predicted octanol–water partition coefficient (Wildman–Crippen LogP) is 7.26. The number of hydrogen-bond acceptors (Lipinski definition) is 9. The van der Waals surface area contributed by atoms with Crippen molar-refractivity contribution in [3.63, 3.8) is 0 Å². The first kappa shape index (κ1) is 38.9. The largest absolute Gasteiger partial charge is 0.491 e. The minimum Gasteiger partial charge on any atom is -0.491 e. The summed E-state index contributed by atoms with van der Waals surface area (Å²) >= 11 is 0. The van der Waals surface area contributed by atoms with Crippen LogP contribution < -0.4 is 25.4 Å². The summed E-state index contributed by atoms with van der Waals surface area (Å²) in [6.45, 7) is 1.63. The second kappa shape index (κ2) is 20.0. The van der Waals surface area contributed by atoms with Gasteiger partial charge < -0.3 is 29.4 Å². The SMILES string of the molecule is COC(=O)Nc1ccc(C(CN(Cc2ccccc2)C[C@H](O)COc2ccc(OCc3ccccc3)c(NC=O)c2)c2ccc(NC(=O)OC)cc2)cc1. The van der Waals surface area contributed by atoms with Crippen molar-refractivity contribution in [1.82, 2.24) is 4.90 Å². The third-order valence-corrected chi connectivity index (χ3v) is 8.49. The molecule has 54 heavy (non-hydrogen) atoms. The van der Waals surface area contributed by atoms with E-state index < -0.39 is 18.3 Å². The zero-order chi connectivity index (χ0) is 38.1. The van der Waals surface area contributed by atoms with E-state index in [2.05, 4.69) is 20.9 Å². The smallest absolute Gasteiger partial charge is 0.411 e. The third-order valence-electron chi connectivity index (χ3n) is 8.49. The molecule has 0 aliphatic rings. The monoisotopic (exact) mass is 732 g/mol. The van der Waals surface area contributed by atoms with Gasteiger partial charge in [-0.25, -0.2) is 9.59 Å². The van der Waals surface area contributed by atoms with E-state index in [1.807, 2.05) is 109 Å². The van der Waals surface area contributed by atoms with E-state index in [1.54, 1.807) is 18.2 Å². The van der Waals surface area contributed by atoms with E-state index in [9.17, 15) is 19.5 Å². The van der Waals surface area contributed by atoms with Crippen LogP contribution in [-0.4, -0.2) is 68.6 Å². The van der Waals surface area contributed by atoms with Gasteiger partial charge in [0, 0.05) is 43.0 Å². The van der Waals surface area contributed by atoms with Crippen LogP contribution in [0.25, 0.3) is 0 Å². The van der Waals surface area contributed by atoms with Crippen molar-refractivity contribution < 1.29 is 38.4 Å². The van der Waals surface area contributed by atoms with Gasteiger partial charge in [0.15, 0.2) is 0 Å². The maximum absolute atomic E-state index is 11.8. The van der Waals surface area contributed by atoms with Crippen molar-refractivity contribution in [2.24, 2.45) is 0 Å². The Labute approximate surface area is 314 Å². The van der Waals surface area contributed by atoms with E-state index in [0.717, 1.165) is 22.3 Å². The summed E-state index contributed by atoms with van der Waals surface area (Å²) in [4.78, 5) is 37.2. The zero-order valence-electron chi connectivity index (χ0n) is 30.1. The molecule has 0 unspecified atom stereocenters. The van der Waals surface area contributed by atoms with Crippen LogP contribution in [0.4, 0.5) is 26.7 Å². The Morgan fingerprint density at radius 3 is 1.80 bits per heavy atom. The normalized spacial score (nSPS) is 11.4. The molecule has 1 atom stereocenters. The van der Waals surface area contributed by atoms with Gasteiger partial charge in [-0.15, -0.1) is 0 Å². The molecule has 0 aromatic heterocycles. The Hall–Kier alpha value is -6.37. The standard InChI is InChI=1S/C42H44N4O8/c1-51-41(49)44-34-17-13-32(14-18-34)38(33-15-19-35(20-16-33)45-42(50)52-2)26-46(24-30-9-5-3-6-10-30)25-36(48)28-53-37-21-22-40(39(23-37)43-29-47)54-27-31-11-7-4-8-12-31/h3-23,29,36,38,48H,24-28H2,1-2H3,(H,43,47)(H,44,49)(H,45,50)/t36-/m0/s1. The first-order valence-corrected chi connectivity index (χ1v) is 17.3. The first-order valence-electron chi connectivity index (χ1n) is 17.3. The summed E-state index contributed by atoms with van der Waals surface area (Å²) in [7, 11) is 2.61. The molecule has 4 N–H and O–H groups in total. The molecule has 0 saturated heterocycles. The van der Waals surface area contributed by atoms with Crippen LogP contribution in [0.2, 0.25) is 0 Å². The van der Waals surface area contributed by atoms with Gasteiger partial charge in [0.1, 0.15) is 30.8 Å². The molecule has 12 nitrogen and oxygen atoms in total. The van der Waals surface area contributed by atoms with Crippen LogP contribution >= 0.6 is 0 Å². The molecule has 12 heteroatoms. The highest BCUT2D eigenvalue weighted by atomic mass is 16.5. The molecule has 0 heterocycles. The molecule has 3 amide bonds. The molecule has 5 aromatic rings. The fourth-order valence-corrected chi connectivity index (χ4v) is 5.82. The van der Waals surface area contributed by atoms with Crippen LogP contribution in [0.5, 0.6) is 11.5 Å². The Morgan fingerprint density at radius 1 is 0.704 bits per heavy atom. The average Bonchev–Trinajstić information content (AvgIpc) is 3.20. The quantitative estimate of drug-likeness (QED) is 0.0684. The van der Waals surface area contributed by atoms with Gasteiger partial charge in [-0.05, 0) is 58.7 Å². The number of ether oxygens (including phenoxy) is 4. The maximum atomic E-state index is 11.8. The van der Waals surface area contributed by atoms with Crippen molar-refractivity contribution in [3.05, 3.63) is 150 Å². The summed E-state index contributed by atoms with van der Waals surface area (Å²) in [5.41, 5.74) is 5.59. The van der Waals surface area contributed by atoms with E-state index >= 15 is 0 Å². The number of amides is 3. The molecular weight excluding hydrogens is 688 g/mol. The van der Waals surface area contributed by atoms with Gasteiger partial charge in [-0.1, -0.05) is 84.9 Å². The van der Waals surface area contributed by atoms with E-state index in [4.69, 9.17) is 18.9 Å². The number of nitrogens with one attached hydrogen (secondary N) is 3. The Bertz CT molecular complexity index is 1870. The van der Waals surface area contributed by atoms with Crippen molar-refractivity contribution in [1.29, 1.82) is 0 Å². The molecule has 0 saturated carbocycles. The number of methoxy groups -OCH3 is 2. The number of carbonyl (C=O) groups is 3. The highest BCUT2D eigenvalue weighted by Crippen LogP contribution is 2.31. The number of hydrogen-bond donors (Lipinski definition) is 4. The topological polar surface area (TPSA) is 148 Å². The summed E-state index contributed by atoms with van der Waals surface area (Å²) in [5.74, 6) is 0.767. The Kier molecular flexibility index (Phi) is 14.4. The first-order chi connectivity index (χ1) is 26.3. The van der Waals surface area contributed by atoms with Gasteiger partial charge in [0.05, 0.1) is 19.9 Å². The van der Waals surface area contributed by atoms with E-state index in [-0.39, 0.29) is 19.1 Å². The van der Waals surface area contributed by atoms with Crippen molar-refractivity contribution in [2.45, 2.75) is 25.2 Å². The maximum Gasteiger partial charge on any atom is 0.411 e. The number of anilines is 3. The van der Waals surface area contributed by atoms with Gasteiger partial charge >= 0.3 is 12.2 Å². The van der Waals surface area contributed by atoms with Crippen molar-refractivity contribution >= 4 is 35.7 Å². The molecule has 0 bridgehead atoms. The number of rotatable bonds is 18. The summed E-state index contributed by atoms with van der Waals surface area (Å²) in [6, 6.07) is 39.8. The Morgan fingerprint density at radius 2 is 1.26 bits per heavy atom. The lowest BCUT2D eigenvalue weighted by molar-refractivity contribution is -0.105. The number of nitrogens with zero attached hydrogens (tertiary/aromatic N) is 1. The number of aliphatic hydroxyl groups is 1. The van der Waals surface area contributed by atoms with Crippen LogP contribution in [0.15, 0.2) is 127 Å². The predicted molar refractivity (Wildman–Crippen MR) is 207 cm³/mol. The summed E-state index contributed by atoms with van der Waals surface area (Å²) in [6.07, 6.45) is -1.44. The second-order valence-electron chi connectivity index (χ2n) is 12.4. The fraction of sp³-hybridized carbons (Fsp3) is 0.214. The Balaban J connectivity index is 1.34. The lowest BCUT2D eigenvalue weighted by Gasteiger charge is -2.30. The van der Waals surface area contributed by atoms with Crippen LogP contribution in [-0.2, 0) is 27.4 Å². The minimum atomic E-state index is -0.885. The summed E-state index contributed by atoms with van der Waals surface area (Å²) in [5, 5.41) is 19.4. The molecule has 0 aliphatic carbocycles. The van der Waals surface area contributed by atoms with E-state index in [0.29, 0.717) is 54.7 Å². The highest BCUT2D eigenvalue weighted by Gasteiger charge is 2.22. The molecule has 5 rings (SSSR count). The lowest BCUT2D eigenvalue weighted by Crippen LogP contribution is -2.38. The van der Waals surface area contributed by atoms with Gasteiger partial charge in [-0.2, -0.15) is 0 Å². The molecule has 0 aliphatic heterocycles. The number of carbonyl (C=O) groups excluding carboxylic acids is 3. The van der Waals surface area contributed by atoms with Crippen molar-refractivity contribution in [2.75, 3.05) is 49.9 Å². The van der Waals surface area contributed by atoms with Gasteiger partial charge in [0.2, 0.25) is 6.41 Å². The lowest BCUT2D eigenvalue weighted by atomic mass is 9.90. The van der Waals surface area contributed by atoms with Gasteiger partial charge in [0.25, 0.3) is 0 Å². The fourth-order valence-electron chi connectivity index (χ4n) is 5.82. The number of aliphatic hydroxyl groups excluding tert-OH is 1. The van der Waals surface area contributed by atoms with Crippen LogP contribution in [0.1, 0.15) is 28.2 Å². The molecule has 280 valence electrons.